The van der Waals surface area contributed by atoms with Crippen LogP contribution < -0.4 is 5.32 Å². The van der Waals surface area contributed by atoms with Crippen molar-refractivity contribution in [1.82, 2.24) is 4.90 Å². The lowest BCUT2D eigenvalue weighted by atomic mass is 10.0. The Hall–Kier alpha value is -3.31. The zero-order chi connectivity index (χ0) is 19.9. The topological polar surface area (TPSA) is 49.4 Å². The number of likely N-dealkylation sites (N-methyl/N-ethyl adjacent to an activating group) is 1. The molecule has 0 atom stereocenters. The van der Waals surface area contributed by atoms with E-state index in [0.29, 0.717) is 23.4 Å². The summed E-state index contributed by atoms with van der Waals surface area (Å²) in [7, 11) is 1.81. The minimum atomic E-state index is -0.288. The molecule has 142 valence electrons. The molecule has 0 saturated carbocycles. The van der Waals surface area contributed by atoms with Crippen molar-refractivity contribution in [3.63, 3.8) is 0 Å². The van der Waals surface area contributed by atoms with Crippen LogP contribution in [0.15, 0.2) is 78.9 Å². The number of para-hydroxylation sites is 1. The predicted octanol–water partition coefficient (Wildman–Crippen LogP) is 4.13. The second-order valence-corrected chi connectivity index (χ2v) is 6.59. The molecule has 0 fully saturated rings. The molecule has 28 heavy (non-hydrogen) atoms. The van der Waals surface area contributed by atoms with E-state index in [0.717, 1.165) is 5.56 Å². The average Bonchev–Trinajstić information content (AvgIpc) is 2.70. The van der Waals surface area contributed by atoms with Gasteiger partial charge >= 0.3 is 0 Å². The van der Waals surface area contributed by atoms with Crippen LogP contribution in [0.4, 0.5) is 10.1 Å². The standard InChI is InChI=1S/C23H21FN2O2/c1-26(15-17-11-13-19(24)14-12-17)16-22(27)25-21-10-6-5-9-20(21)23(28)18-7-3-2-4-8-18/h2-14H,15-16H2,1H3,(H,25,27). The van der Waals surface area contributed by atoms with Crippen molar-refractivity contribution < 1.29 is 14.0 Å². The first kappa shape index (κ1) is 19.5. The highest BCUT2D eigenvalue weighted by Crippen LogP contribution is 2.19. The molecule has 0 radical (unpaired) electrons. The molecule has 0 unspecified atom stereocenters. The Bertz CT molecular complexity index is 956. The fourth-order valence-electron chi connectivity index (χ4n) is 2.93. The Balaban J connectivity index is 1.65. The number of hydrogen-bond donors (Lipinski definition) is 1. The third-order valence-corrected chi connectivity index (χ3v) is 4.26. The van der Waals surface area contributed by atoms with Gasteiger partial charge in [0.2, 0.25) is 5.91 Å². The first-order valence-electron chi connectivity index (χ1n) is 8.94. The summed E-state index contributed by atoms with van der Waals surface area (Å²) in [5.74, 6) is -0.655. The summed E-state index contributed by atoms with van der Waals surface area (Å²) in [5.41, 5.74) is 2.41. The molecule has 1 amide bonds. The number of amides is 1. The van der Waals surface area contributed by atoms with Crippen LogP contribution in [-0.4, -0.2) is 30.2 Å². The highest BCUT2D eigenvalue weighted by Gasteiger charge is 2.15. The van der Waals surface area contributed by atoms with Crippen molar-refractivity contribution in [2.75, 3.05) is 18.9 Å². The molecule has 5 heteroatoms. The van der Waals surface area contributed by atoms with Gasteiger partial charge in [0.1, 0.15) is 5.82 Å². The number of ketones is 1. The molecular formula is C23H21FN2O2. The van der Waals surface area contributed by atoms with Crippen molar-refractivity contribution in [3.8, 4) is 0 Å². The predicted molar refractivity (Wildman–Crippen MR) is 108 cm³/mol. The van der Waals surface area contributed by atoms with E-state index < -0.39 is 0 Å². The Labute approximate surface area is 163 Å². The second-order valence-electron chi connectivity index (χ2n) is 6.59. The molecule has 0 bridgehead atoms. The number of nitrogens with one attached hydrogen (secondary N) is 1. The minimum absolute atomic E-state index is 0.142. The zero-order valence-electron chi connectivity index (χ0n) is 15.6. The molecule has 0 aliphatic carbocycles. The van der Waals surface area contributed by atoms with E-state index in [9.17, 15) is 14.0 Å². The number of nitrogens with zero attached hydrogens (tertiary/aromatic N) is 1. The number of benzene rings is 3. The van der Waals surface area contributed by atoms with Crippen molar-refractivity contribution in [3.05, 3.63) is 101 Å². The van der Waals surface area contributed by atoms with Gasteiger partial charge in [0.05, 0.1) is 12.2 Å². The maximum absolute atomic E-state index is 13.0. The van der Waals surface area contributed by atoms with Crippen LogP contribution >= 0.6 is 0 Å². The molecule has 3 rings (SSSR count). The quantitative estimate of drug-likeness (QED) is 0.631. The first-order chi connectivity index (χ1) is 13.5. The van der Waals surface area contributed by atoms with Crippen molar-refractivity contribution >= 4 is 17.4 Å². The molecule has 3 aromatic carbocycles. The van der Waals surface area contributed by atoms with Gasteiger partial charge in [0.25, 0.3) is 0 Å². The number of hydrogen-bond acceptors (Lipinski definition) is 3. The monoisotopic (exact) mass is 376 g/mol. The third-order valence-electron chi connectivity index (χ3n) is 4.26. The molecule has 0 aromatic heterocycles. The molecule has 0 aliphatic rings. The molecule has 0 saturated heterocycles. The number of halogens is 1. The normalized spacial score (nSPS) is 10.7. The van der Waals surface area contributed by atoms with Crippen LogP contribution in [0.2, 0.25) is 0 Å². The lowest BCUT2D eigenvalue weighted by Crippen LogP contribution is -2.30. The van der Waals surface area contributed by atoms with Gasteiger partial charge in [0, 0.05) is 17.7 Å². The van der Waals surface area contributed by atoms with Crippen molar-refractivity contribution in [2.45, 2.75) is 6.54 Å². The van der Waals surface area contributed by atoms with Gasteiger partial charge in [-0.25, -0.2) is 4.39 Å². The SMILES string of the molecule is CN(CC(=O)Nc1ccccc1C(=O)c1ccccc1)Cc1ccc(F)cc1. The van der Waals surface area contributed by atoms with E-state index in [-0.39, 0.29) is 24.1 Å². The first-order valence-corrected chi connectivity index (χ1v) is 8.94. The van der Waals surface area contributed by atoms with Crippen LogP contribution in [0, 0.1) is 5.82 Å². The number of rotatable bonds is 7. The highest BCUT2D eigenvalue weighted by molar-refractivity contribution is 6.13. The summed E-state index contributed by atoms with van der Waals surface area (Å²) in [5, 5.41) is 2.83. The van der Waals surface area contributed by atoms with Gasteiger partial charge in [-0.1, -0.05) is 54.6 Å². The van der Waals surface area contributed by atoms with Crippen molar-refractivity contribution in [1.29, 1.82) is 0 Å². The van der Waals surface area contributed by atoms with E-state index in [1.165, 1.54) is 12.1 Å². The molecule has 3 aromatic rings. The smallest absolute Gasteiger partial charge is 0.238 e. The summed E-state index contributed by atoms with van der Waals surface area (Å²) in [4.78, 5) is 27.0. The Morgan fingerprint density at radius 2 is 1.54 bits per heavy atom. The fourth-order valence-corrected chi connectivity index (χ4v) is 2.93. The average molecular weight is 376 g/mol. The van der Waals surface area contributed by atoms with E-state index in [4.69, 9.17) is 0 Å². The van der Waals surface area contributed by atoms with Crippen LogP contribution in [0.3, 0.4) is 0 Å². The summed E-state index contributed by atoms with van der Waals surface area (Å²) < 4.78 is 13.0. The lowest BCUT2D eigenvalue weighted by Gasteiger charge is -2.17. The molecular weight excluding hydrogens is 355 g/mol. The Morgan fingerprint density at radius 3 is 2.25 bits per heavy atom. The van der Waals surface area contributed by atoms with E-state index in [2.05, 4.69) is 5.32 Å². The van der Waals surface area contributed by atoms with Gasteiger partial charge in [-0.15, -0.1) is 0 Å². The van der Waals surface area contributed by atoms with Gasteiger partial charge in [-0.05, 0) is 36.9 Å². The number of carbonyl (C=O) groups is 2. The second kappa shape index (κ2) is 9.06. The van der Waals surface area contributed by atoms with Crippen LogP contribution in [0.25, 0.3) is 0 Å². The van der Waals surface area contributed by atoms with E-state index >= 15 is 0 Å². The van der Waals surface area contributed by atoms with Gasteiger partial charge < -0.3 is 5.32 Å². The molecule has 0 aliphatic heterocycles. The van der Waals surface area contributed by atoms with E-state index in [1.54, 1.807) is 60.7 Å². The number of anilines is 1. The fraction of sp³-hybridized carbons (Fsp3) is 0.130. The lowest BCUT2D eigenvalue weighted by molar-refractivity contribution is -0.117. The van der Waals surface area contributed by atoms with E-state index in [1.807, 2.05) is 18.0 Å². The van der Waals surface area contributed by atoms with Crippen LogP contribution in [-0.2, 0) is 11.3 Å². The maximum Gasteiger partial charge on any atom is 0.238 e. The van der Waals surface area contributed by atoms with Gasteiger partial charge in [0.15, 0.2) is 5.78 Å². The molecule has 0 spiro atoms. The van der Waals surface area contributed by atoms with Crippen molar-refractivity contribution in [2.24, 2.45) is 0 Å². The molecule has 4 nitrogen and oxygen atoms in total. The van der Waals surface area contributed by atoms with Gasteiger partial charge in [-0.3, -0.25) is 14.5 Å². The Kier molecular flexibility index (Phi) is 6.29. The number of carbonyl (C=O) groups excluding carboxylic acids is 2. The maximum atomic E-state index is 13.0. The van der Waals surface area contributed by atoms with Crippen LogP contribution in [0.1, 0.15) is 21.5 Å². The minimum Gasteiger partial charge on any atom is -0.324 e. The largest absolute Gasteiger partial charge is 0.324 e. The van der Waals surface area contributed by atoms with Gasteiger partial charge in [-0.2, -0.15) is 0 Å². The Morgan fingerprint density at radius 1 is 0.893 bits per heavy atom. The summed E-state index contributed by atoms with van der Waals surface area (Å²) in [6.07, 6.45) is 0. The third kappa shape index (κ3) is 5.11. The summed E-state index contributed by atoms with van der Waals surface area (Å²) in [6.45, 7) is 0.656. The summed E-state index contributed by atoms with van der Waals surface area (Å²) >= 11 is 0. The summed E-state index contributed by atoms with van der Waals surface area (Å²) in [6, 6.07) is 22.1. The molecule has 1 N–H and O–H groups in total. The zero-order valence-corrected chi connectivity index (χ0v) is 15.6. The molecule has 0 heterocycles. The van der Waals surface area contributed by atoms with Crippen LogP contribution in [0.5, 0.6) is 0 Å². The highest BCUT2D eigenvalue weighted by atomic mass is 19.1.